The molecule has 0 aliphatic carbocycles. The Balaban J connectivity index is 2.28. The van der Waals surface area contributed by atoms with Crippen LogP contribution in [-0.2, 0) is 0 Å². The second kappa shape index (κ2) is 3.13. The number of benzene rings is 1. The van der Waals surface area contributed by atoms with E-state index in [0.29, 0.717) is 11.5 Å². The maximum absolute atomic E-state index is 13.4. The van der Waals surface area contributed by atoms with Crippen molar-refractivity contribution in [3.8, 4) is 5.95 Å². The van der Waals surface area contributed by atoms with Gasteiger partial charge in [0.15, 0.2) is 11.6 Å². The van der Waals surface area contributed by atoms with Crippen LogP contribution >= 0.6 is 0 Å². The molecule has 0 amide bonds. The van der Waals surface area contributed by atoms with Gasteiger partial charge in [0.1, 0.15) is 5.52 Å². The fraction of sp³-hybridized carbons (Fsp3) is 0. The van der Waals surface area contributed by atoms with Gasteiger partial charge in [0.2, 0.25) is 5.95 Å². The first kappa shape index (κ1) is 9.02. The molecule has 2 aromatic heterocycles. The first-order valence-electron chi connectivity index (χ1n) is 4.59. The van der Waals surface area contributed by atoms with Gasteiger partial charge in [-0.05, 0) is 18.2 Å². The number of hydrogen-bond acceptors (Lipinski definition) is 2. The van der Waals surface area contributed by atoms with Crippen LogP contribution < -0.4 is 0 Å². The van der Waals surface area contributed by atoms with E-state index in [2.05, 4.69) is 15.1 Å². The van der Waals surface area contributed by atoms with Crippen LogP contribution in [-0.4, -0.2) is 19.7 Å². The van der Waals surface area contributed by atoms with Crippen LogP contribution in [0.3, 0.4) is 0 Å². The number of halogens is 2. The minimum Gasteiger partial charge on any atom is -0.322 e. The molecule has 0 spiro atoms. The number of aromatic amines is 1. The highest BCUT2D eigenvalue weighted by molar-refractivity contribution is 5.76. The van der Waals surface area contributed by atoms with Gasteiger partial charge in [0, 0.05) is 12.4 Å². The minimum atomic E-state index is -0.952. The van der Waals surface area contributed by atoms with Crippen LogP contribution in [0.15, 0.2) is 30.6 Å². The Morgan fingerprint density at radius 1 is 1.25 bits per heavy atom. The number of nitrogens with zero attached hydrogens (tertiary/aromatic N) is 3. The summed E-state index contributed by atoms with van der Waals surface area (Å²) in [4.78, 5) is 6.79. The number of nitrogens with one attached hydrogen (secondary N) is 1. The largest absolute Gasteiger partial charge is 0.322 e. The Morgan fingerprint density at radius 3 is 2.88 bits per heavy atom. The van der Waals surface area contributed by atoms with Gasteiger partial charge in [0.25, 0.3) is 0 Å². The SMILES string of the molecule is Fc1ccc2[nH]c(-n3cccn3)nc2c1F. The Bertz CT molecular complexity index is 642. The van der Waals surface area contributed by atoms with Gasteiger partial charge in [0.05, 0.1) is 5.52 Å². The summed E-state index contributed by atoms with van der Waals surface area (Å²) in [5, 5.41) is 3.94. The van der Waals surface area contributed by atoms with Gasteiger partial charge in [-0.2, -0.15) is 5.10 Å². The van der Waals surface area contributed by atoms with Crippen LogP contribution in [0.5, 0.6) is 0 Å². The molecule has 0 aliphatic rings. The summed E-state index contributed by atoms with van der Waals surface area (Å²) in [6, 6.07) is 4.21. The van der Waals surface area contributed by atoms with Crippen molar-refractivity contribution in [2.24, 2.45) is 0 Å². The Morgan fingerprint density at radius 2 is 2.12 bits per heavy atom. The predicted molar refractivity (Wildman–Crippen MR) is 53.1 cm³/mol. The van der Waals surface area contributed by atoms with E-state index in [4.69, 9.17) is 0 Å². The molecule has 4 nitrogen and oxygen atoms in total. The molecule has 0 unspecified atom stereocenters. The van der Waals surface area contributed by atoms with Gasteiger partial charge >= 0.3 is 0 Å². The van der Waals surface area contributed by atoms with E-state index in [1.807, 2.05) is 0 Å². The van der Waals surface area contributed by atoms with Gasteiger partial charge in [-0.15, -0.1) is 0 Å². The lowest BCUT2D eigenvalue weighted by atomic mass is 10.3. The van der Waals surface area contributed by atoms with Crippen molar-refractivity contribution in [3.05, 3.63) is 42.2 Å². The van der Waals surface area contributed by atoms with Crippen LogP contribution in [0.25, 0.3) is 17.0 Å². The first-order chi connectivity index (χ1) is 7.75. The molecule has 0 radical (unpaired) electrons. The van der Waals surface area contributed by atoms with Gasteiger partial charge in [-0.25, -0.2) is 18.4 Å². The lowest BCUT2D eigenvalue weighted by molar-refractivity contribution is 0.515. The lowest BCUT2D eigenvalue weighted by Gasteiger charge is -1.91. The summed E-state index contributed by atoms with van der Waals surface area (Å²) in [6.07, 6.45) is 3.23. The molecule has 1 N–H and O–H groups in total. The molecular weight excluding hydrogens is 214 g/mol. The summed E-state index contributed by atoms with van der Waals surface area (Å²) in [6.45, 7) is 0. The van der Waals surface area contributed by atoms with E-state index in [1.165, 1.54) is 10.7 Å². The molecule has 0 bridgehead atoms. The number of fused-ring (bicyclic) bond motifs is 1. The molecule has 3 aromatic rings. The van der Waals surface area contributed by atoms with E-state index >= 15 is 0 Å². The molecule has 3 rings (SSSR count). The zero-order valence-corrected chi connectivity index (χ0v) is 7.98. The van der Waals surface area contributed by atoms with Crippen molar-refractivity contribution < 1.29 is 8.78 Å². The molecule has 16 heavy (non-hydrogen) atoms. The third-order valence-corrected chi connectivity index (χ3v) is 2.25. The van der Waals surface area contributed by atoms with Gasteiger partial charge in [-0.3, -0.25) is 0 Å². The van der Waals surface area contributed by atoms with E-state index < -0.39 is 11.6 Å². The zero-order chi connectivity index (χ0) is 11.1. The molecular formula is C10H6F2N4. The van der Waals surface area contributed by atoms with Crippen LogP contribution in [0.4, 0.5) is 8.78 Å². The molecule has 0 saturated heterocycles. The van der Waals surface area contributed by atoms with Gasteiger partial charge < -0.3 is 4.98 Å². The average Bonchev–Trinajstić information content (AvgIpc) is 2.91. The van der Waals surface area contributed by atoms with Crippen molar-refractivity contribution in [2.45, 2.75) is 0 Å². The third-order valence-electron chi connectivity index (χ3n) is 2.25. The lowest BCUT2D eigenvalue weighted by Crippen LogP contribution is -1.95. The molecule has 0 saturated carbocycles. The Kier molecular flexibility index (Phi) is 1.76. The molecule has 2 heterocycles. The first-order valence-corrected chi connectivity index (χ1v) is 4.59. The second-order valence-electron chi connectivity index (χ2n) is 3.27. The standard InChI is InChI=1S/C10H6F2N4/c11-6-2-3-7-9(8(6)12)15-10(14-7)16-5-1-4-13-16/h1-5H,(H,14,15). The van der Waals surface area contributed by atoms with E-state index in [1.54, 1.807) is 18.5 Å². The zero-order valence-electron chi connectivity index (χ0n) is 7.98. The van der Waals surface area contributed by atoms with E-state index in [-0.39, 0.29) is 5.52 Å². The fourth-order valence-electron chi connectivity index (χ4n) is 1.51. The maximum Gasteiger partial charge on any atom is 0.229 e. The van der Waals surface area contributed by atoms with Crippen molar-refractivity contribution in [1.82, 2.24) is 19.7 Å². The van der Waals surface area contributed by atoms with Crippen molar-refractivity contribution in [3.63, 3.8) is 0 Å². The third kappa shape index (κ3) is 1.19. The van der Waals surface area contributed by atoms with E-state index in [9.17, 15) is 8.78 Å². The Labute approximate surface area is 88.5 Å². The number of hydrogen-bond donors (Lipinski definition) is 1. The number of imidazole rings is 1. The van der Waals surface area contributed by atoms with Crippen molar-refractivity contribution >= 4 is 11.0 Å². The molecule has 0 atom stereocenters. The summed E-state index contributed by atoms with van der Waals surface area (Å²) >= 11 is 0. The molecule has 1 aromatic carbocycles. The topological polar surface area (TPSA) is 46.5 Å². The second-order valence-corrected chi connectivity index (χ2v) is 3.27. The van der Waals surface area contributed by atoms with E-state index in [0.717, 1.165) is 6.07 Å². The number of rotatable bonds is 1. The van der Waals surface area contributed by atoms with Crippen LogP contribution in [0.2, 0.25) is 0 Å². The average molecular weight is 220 g/mol. The summed E-state index contributed by atoms with van der Waals surface area (Å²) in [5.74, 6) is -1.51. The highest BCUT2D eigenvalue weighted by atomic mass is 19.2. The molecule has 0 fully saturated rings. The normalized spacial score (nSPS) is 11.1. The smallest absolute Gasteiger partial charge is 0.229 e. The fourth-order valence-corrected chi connectivity index (χ4v) is 1.51. The van der Waals surface area contributed by atoms with Crippen molar-refractivity contribution in [2.75, 3.05) is 0 Å². The van der Waals surface area contributed by atoms with Crippen LogP contribution in [0, 0.1) is 11.6 Å². The highest BCUT2D eigenvalue weighted by Crippen LogP contribution is 2.19. The van der Waals surface area contributed by atoms with Crippen molar-refractivity contribution in [1.29, 1.82) is 0 Å². The predicted octanol–water partition coefficient (Wildman–Crippen LogP) is 2.03. The quantitative estimate of drug-likeness (QED) is 0.682. The molecule has 0 aliphatic heterocycles. The number of aromatic nitrogens is 4. The Hall–Kier alpha value is -2.24. The summed E-state index contributed by atoms with van der Waals surface area (Å²) < 4.78 is 27.8. The minimum absolute atomic E-state index is 0.0227. The van der Waals surface area contributed by atoms with Crippen LogP contribution in [0.1, 0.15) is 0 Å². The van der Waals surface area contributed by atoms with Gasteiger partial charge in [-0.1, -0.05) is 0 Å². The molecule has 80 valence electrons. The summed E-state index contributed by atoms with van der Waals surface area (Å²) in [5.41, 5.74) is 0.412. The maximum atomic E-state index is 13.4. The summed E-state index contributed by atoms with van der Waals surface area (Å²) in [7, 11) is 0. The molecule has 6 heteroatoms. The monoisotopic (exact) mass is 220 g/mol. The highest BCUT2D eigenvalue weighted by Gasteiger charge is 2.12. The number of H-pyrrole nitrogens is 1.